The first-order valence-electron chi connectivity index (χ1n) is 8.21. The van der Waals surface area contributed by atoms with Gasteiger partial charge in [0.2, 0.25) is 11.8 Å². The SMILES string of the molecule is CC(C)NC(=O)C(CCCCNC(=O)O)NC(=O)[C@@H]1CCCN1. The molecular weight excluding hydrogens is 300 g/mol. The topological polar surface area (TPSA) is 120 Å². The van der Waals surface area contributed by atoms with E-state index in [1.807, 2.05) is 13.8 Å². The largest absolute Gasteiger partial charge is 0.465 e. The molecule has 0 aliphatic carbocycles. The third-order valence-corrected chi connectivity index (χ3v) is 3.64. The Morgan fingerprint density at radius 1 is 1.22 bits per heavy atom. The predicted octanol–water partition coefficient (Wildman–Crippen LogP) is 0.186. The van der Waals surface area contributed by atoms with Gasteiger partial charge in [0, 0.05) is 12.6 Å². The van der Waals surface area contributed by atoms with Crippen LogP contribution in [0.2, 0.25) is 0 Å². The second kappa shape index (κ2) is 10.0. The van der Waals surface area contributed by atoms with E-state index in [1.54, 1.807) is 0 Å². The van der Waals surface area contributed by atoms with Crippen LogP contribution >= 0.6 is 0 Å². The molecule has 0 radical (unpaired) electrons. The summed E-state index contributed by atoms with van der Waals surface area (Å²) in [6.45, 7) is 4.89. The van der Waals surface area contributed by atoms with E-state index in [2.05, 4.69) is 21.3 Å². The molecular formula is C15H28N4O4. The molecule has 0 spiro atoms. The Morgan fingerprint density at radius 3 is 2.52 bits per heavy atom. The second-order valence-corrected chi connectivity index (χ2v) is 6.10. The van der Waals surface area contributed by atoms with Gasteiger partial charge in [0.05, 0.1) is 6.04 Å². The van der Waals surface area contributed by atoms with E-state index < -0.39 is 12.1 Å². The summed E-state index contributed by atoms with van der Waals surface area (Å²) in [6, 6.07) is -0.810. The predicted molar refractivity (Wildman–Crippen MR) is 86.1 cm³/mol. The van der Waals surface area contributed by atoms with E-state index in [4.69, 9.17) is 5.11 Å². The minimum atomic E-state index is -1.06. The zero-order chi connectivity index (χ0) is 17.2. The molecule has 1 fully saturated rings. The van der Waals surface area contributed by atoms with Gasteiger partial charge in [-0.05, 0) is 52.5 Å². The van der Waals surface area contributed by atoms with Crippen LogP contribution in [0.4, 0.5) is 4.79 Å². The minimum Gasteiger partial charge on any atom is -0.465 e. The lowest BCUT2D eigenvalue weighted by Crippen LogP contribution is -2.52. The van der Waals surface area contributed by atoms with Crippen molar-refractivity contribution >= 4 is 17.9 Å². The zero-order valence-electron chi connectivity index (χ0n) is 13.9. The highest BCUT2D eigenvalue weighted by molar-refractivity contribution is 5.90. The van der Waals surface area contributed by atoms with E-state index in [0.717, 1.165) is 19.4 Å². The van der Waals surface area contributed by atoms with Crippen molar-refractivity contribution in [1.29, 1.82) is 0 Å². The second-order valence-electron chi connectivity index (χ2n) is 6.10. The van der Waals surface area contributed by atoms with Crippen molar-refractivity contribution in [1.82, 2.24) is 21.3 Å². The number of hydrogen-bond acceptors (Lipinski definition) is 4. The molecule has 5 N–H and O–H groups in total. The first kappa shape index (κ1) is 19.2. The molecule has 0 bridgehead atoms. The molecule has 132 valence electrons. The molecule has 0 aromatic heterocycles. The van der Waals surface area contributed by atoms with Crippen LogP contribution in [0.15, 0.2) is 0 Å². The molecule has 8 nitrogen and oxygen atoms in total. The average Bonchev–Trinajstić information content (AvgIpc) is 2.98. The van der Waals surface area contributed by atoms with Gasteiger partial charge in [0.25, 0.3) is 0 Å². The number of amides is 3. The number of hydrogen-bond donors (Lipinski definition) is 5. The van der Waals surface area contributed by atoms with Crippen LogP contribution in [0.5, 0.6) is 0 Å². The Balaban J connectivity index is 2.45. The van der Waals surface area contributed by atoms with Crippen LogP contribution in [0, 0.1) is 0 Å². The van der Waals surface area contributed by atoms with Crippen molar-refractivity contribution in [2.75, 3.05) is 13.1 Å². The molecule has 0 saturated carbocycles. The summed E-state index contributed by atoms with van der Waals surface area (Å²) < 4.78 is 0. The quantitative estimate of drug-likeness (QED) is 0.387. The Hall–Kier alpha value is -1.83. The fourth-order valence-corrected chi connectivity index (χ4v) is 2.50. The Kier molecular flexibility index (Phi) is 8.39. The fraction of sp³-hybridized carbons (Fsp3) is 0.800. The number of nitrogens with one attached hydrogen (secondary N) is 4. The van der Waals surface area contributed by atoms with Gasteiger partial charge in [-0.25, -0.2) is 4.79 Å². The average molecular weight is 328 g/mol. The van der Waals surface area contributed by atoms with Crippen LogP contribution in [0.3, 0.4) is 0 Å². The maximum absolute atomic E-state index is 12.2. The van der Waals surface area contributed by atoms with Crippen molar-refractivity contribution in [3.8, 4) is 0 Å². The first-order chi connectivity index (χ1) is 10.9. The summed E-state index contributed by atoms with van der Waals surface area (Å²) in [7, 11) is 0. The normalized spacial score (nSPS) is 18.5. The molecule has 1 rings (SSSR count). The molecule has 1 aliphatic rings. The summed E-state index contributed by atoms with van der Waals surface area (Å²) in [6.07, 6.45) is 2.44. The van der Waals surface area contributed by atoms with Crippen molar-refractivity contribution in [2.24, 2.45) is 0 Å². The lowest BCUT2D eigenvalue weighted by atomic mass is 10.1. The third-order valence-electron chi connectivity index (χ3n) is 3.64. The van der Waals surface area contributed by atoms with Crippen LogP contribution in [0.25, 0.3) is 0 Å². The summed E-state index contributed by atoms with van der Waals surface area (Å²) >= 11 is 0. The Morgan fingerprint density at radius 2 is 1.96 bits per heavy atom. The van der Waals surface area contributed by atoms with Gasteiger partial charge in [-0.15, -0.1) is 0 Å². The zero-order valence-corrected chi connectivity index (χ0v) is 13.9. The van der Waals surface area contributed by atoms with E-state index in [0.29, 0.717) is 25.8 Å². The highest BCUT2D eigenvalue weighted by Gasteiger charge is 2.27. The van der Waals surface area contributed by atoms with Gasteiger partial charge in [0.1, 0.15) is 6.04 Å². The van der Waals surface area contributed by atoms with Crippen molar-refractivity contribution in [3.05, 3.63) is 0 Å². The van der Waals surface area contributed by atoms with Crippen molar-refractivity contribution in [2.45, 2.75) is 64.1 Å². The molecule has 1 saturated heterocycles. The third kappa shape index (κ3) is 7.83. The van der Waals surface area contributed by atoms with Crippen molar-refractivity contribution < 1.29 is 19.5 Å². The smallest absolute Gasteiger partial charge is 0.404 e. The van der Waals surface area contributed by atoms with Gasteiger partial charge in [-0.1, -0.05) is 0 Å². The van der Waals surface area contributed by atoms with Gasteiger partial charge >= 0.3 is 6.09 Å². The number of unbranched alkanes of at least 4 members (excludes halogenated alkanes) is 1. The highest BCUT2D eigenvalue weighted by atomic mass is 16.4. The fourth-order valence-electron chi connectivity index (χ4n) is 2.50. The maximum Gasteiger partial charge on any atom is 0.404 e. The summed E-state index contributed by atoms with van der Waals surface area (Å²) in [5.74, 6) is -0.340. The van der Waals surface area contributed by atoms with Gasteiger partial charge in [0.15, 0.2) is 0 Å². The molecule has 8 heteroatoms. The highest BCUT2D eigenvalue weighted by Crippen LogP contribution is 2.07. The lowest BCUT2D eigenvalue weighted by Gasteiger charge is -2.21. The Labute approximate surface area is 136 Å². The Bertz CT molecular complexity index is 408. The number of rotatable bonds is 9. The molecule has 1 heterocycles. The van der Waals surface area contributed by atoms with E-state index in [1.165, 1.54) is 0 Å². The summed E-state index contributed by atoms with van der Waals surface area (Å²) in [4.78, 5) is 34.8. The molecule has 2 atom stereocenters. The molecule has 1 unspecified atom stereocenters. The van der Waals surface area contributed by atoms with E-state index in [9.17, 15) is 14.4 Å². The molecule has 23 heavy (non-hydrogen) atoms. The standard InChI is InChI=1S/C15H28N4O4/c1-10(2)18-14(21)12(6-3-4-8-17-15(22)23)19-13(20)11-7-5-9-16-11/h10-12,16-17H,3-9H2,1-2H3,(H,18,21)(H,19,20)(H,22,23)/t11-,12?/m0/s1. The van der Waals surface area contributed by atoms with Gasteiger partial charge in [-0.2, -0.15) is 0 Å². The molecule has 3 amide bonds. The summed E-state index contributed by atoms with van der Waals surface area (Å²) in [5, 5.41) is 19.5. The minimum absolute atomic E-state index is 0.000171. The molecule has 0 aromatic carbocycles. The van der Waals surface area contributed by atoms with E-state index >= 15 is 0 Å². The lowest BCUT2D eigenvalue weighted by molar-refractivity contribution is -0.130. The van der Waals surface area contributed by atoms with Crippen LogP contribution in [-0.2, 0) is 9.59 Å². The van der Waals surface area contributed by atoms with E-state index in [-0.39, 0.29) is 23.9 Å². The van der Waals surface area contributed by atoms with Crippen molar-refractivity contribution in [3.63, 3.8) is 0 Å². The van der Waals surface area contributed by atoms with Gasteiger partial charge in [-0.3, -0.25) is 9.59 Å². The maximum atomic E-state index is 12.2. The number of carbonyl (C=O) groups excluding carboxylic acids is 2. The van der Waals surface area contributed by atoms with Gasteiger partial charge < -0.3 is 26.4 Å². The monoisotopic (exact) mass is 328 g/mol. The first-order valence-corrected chi connectivity index (χ1v) is 8.21. The van der Waals surface area contributed by atoms with Crippen LogP contribution in [-0.4, -0.2) is 54.2 Å². The number of carbonyl (C=O) groups is 3. The number of carboxylic acid groups (broad SMARTS) is 1. The summed E-state index contributed by atoms with van der Waals surface area (Å²) in [5.41, 5.74) is 0. The van der Waals surface area contributed by atoms with Crippen LogP contribution in [0.1, 0.15) is 46.0 Å². The molecule has 1 aliphatic heterocycles. The molecule has 0 aromatic rings. The van der Waals surface area contributed by atoms with Crippen LogP contribution < -0.4 is 21.3 Å².